The molecule has 0 aromatic heterocycles. The van der Waals surface area contributed by atoms with Crippen molar-refractivity contribution in [3.8, 4) is 0 Å². The van der Waals surface area contributed by atoms with Crippen LogP contribution in [0.1, 0.15) is 32.3 Å². The zero-order valence-corrected chi connectivity index (χ0v) is 14.3. The van der Waals surface area contributed by atoms with Crippen LogP contribution in [0.4, 0.5) is 0 Å². The van der Waals surface area contributed by atoms with Crippen LogP contribution >= 0.6 is 0 Å². The molecule has 0 heterocycles. The summed E-state index contributed by atoms with van der Waals surface area (Å²) in [4.78, 5) is 11.8. The van der Waals surface area contributed by atoms with E-state index in [1.807, 2.05) is 43.3 Å². The smallest absolute Gasteiger partial charge is 0.325 e. The number of benzene rings is 2. The summed E-state index contributed by atoms with van der Waals surface area (Å²) >= 11 is 0. The van der Waals surface area contributed by atoms with Crippen LogP contribution < -0.4 is 0 Å². The van der Waals surface area contributed by atoms with Crippen molar-refractivity contribution in [3.05, 3.63) is 48.0 Å². The number of hydrogen-bond acceptors (Lipinski definition) is 3. The number of carboxylic acid groups (broad SMARTS) is 1. The molecule has 0 bridgehead atoms. The lowest BCUT2D eigenvalue weighted by Crippen LogP contribution is -2.46. The summed E-state index contributed by atoms with van der Waals surface area (Å²) in [6.45, 7) is 3.21. The van der Waals surface area contributed by atoms with Gasteiger partial charge in [0, 0.05) is 6.42 Å². The molecule has 2 aromatic rings. The van der Waals surface area contributed by atoms with E-state index >= 15 is 0 Å². The fourth-order valence-electron chi connectivity index (χ4n) is 2.69. The third kappa shape index (κ3) is 3.39. The molecule has 0 saturated heterocycles. The van der Waals surface area contributed by atoms with Gasteiger partial charge in [0.1, 0.15) is 0 Å². The van der Waals surface area contributed by atoms with Crippen LogP contribution in [0, 0.1) is 0 Å². The second kappa shape index (κ2) is 6.71. The lowest BCUT2D eigenvalue weighted by molar-refractivity contribution is -0.139. The third-order valence-corrected chi connectivity index (χ3v) is 6.83. The predicted molar refractivity (Wildman–Crippen MR) is 92.4 cm³/mol. The molecule has 1 atom stereocenters. The molecule has 4 nitrogen and oxygen atoms in total. The second-order valence-electron chi connectivity index (χ2n) is 6.02. The van der Waals surface area contributed by atoms with E-state index in [-0.39, 0.29) is 12.2 Å². The Morgan fingerprint density at radius 3 is 2.43 bits per heavy atom. The highest BCUT2D eigenvalue weighted by Gasteiger charge is 2.46. The first-order valence-corrected chi connectivity index (χ1v) is 9.39. The number of unbranched alkanes of at least 4 members (excludes halogenated alkanes) is 1. The Balaban J connectivity index is 2.49. The van der Waals surface area contributed by atoms with Gasteiger partial charge in [-0.05, 0) is 29.7 Å². The number of carboxylic acids is 1. The van der Waals surface area contributed by atoms with E-state index in [1.165, 1.54) is 6.92 Å². The van der Waals surface area contributed by atoms with Gasteiger partial charge in [0.2, 0.25) is 0 Å². The highest BCUT2D eigenvalue weighted by molar-refractivity contribution is 7.93. The molecule has 1 unspecified atom stereocenters. The Morgan fingerprint density at radius 1 is 1.13 bits per heavy atom. The zero-order chi connectivity index (χ0) is 17.1. The Hall–Kier alpha value is -1.88. The van der Waals surface area contributed by atoms with Crippen LogP contribution in [0.2, 0.25) is 0 Å². The topological polar surface area (TPSA) is 71.4 Å². The Kier molecular flexibility index (Phi) is 5.09. The highest BCUT2D eigenvalue weighted by Crippen LogP contribution is 2.29. The molecule has 0 fully saturated rings. The highest BCUT2D eigenvalue weighted by atomic mass is 32.2. The first kappa shape index (κ1) is 17.5. The van der Waals surface area contributed by atoms with Crippen molar-refractivity contribution in [1.82, 2.24) is 0 Å². The second-order valence-corrected chi connectivity index (χ2v) is 8.56. The summed E-state index contributed by atoms with van der Waals surface area (Å²) in [6, 6.07) is 13.2. The van der Waals surface area contributed by atoms with Crippen LogP contribution in [0.3, 0.4) is 0 Å². The number of carbonyl (C=O) groups is 1. The van der Waals surface area contributed by atoms with Gasteiger partial charge in [0.25, 0.3) is 0 Å². The van der Waals surface area contributed by atoms with Crippen LogP contribution in [0.25, 0.3) is 10.8 Å². The fraction of sp³-hybridized carbons (Fsp3) is 0.389. The van der Waals surface area contributed by atoms with Crippen molar-refractivity contribution in [2.45, 2.75) is 37.9 Å². The standard InChI is InChI=1S/C18H22O4S/c1-3-4-12-23(21,22)18(2,17(19)20)13-15-10-7-9-14-8-5-6-11-16(14)15/h5-11H,3-4,12-13H2,1-2H3,(H,19,20). The lowest BCUT2D eigenvalue weighted by Gasteiger charge is -2.25. The molecular weight excluding hydrogens is 312 g/mol. The monoisotopic (exact) mass is 334 g/mol. The molecule has 2 aromatic carbocycles. The summed E-state index contributed by atoms with van der Waals surface area (Å²) in [5.74, 6) is -1.39. The van der Waals surface area contributed by atoms with E-state index in [9.17, 15) is 18.3 Å². The van der Waals surface area contributed by atoms with Crippen molar-refractivity contribution in [1.29, 1.82) is 0 Å². The SMILES string of the molecule is CCCCS(=O)(=O)C(C)(Cc1cccc2ccccc12)C(=O)O. The minimum Gasteiger partial charge on any atom is -0.480 e. The van der Waals surface area contributed by atoms with Crippen LogP contribution in [-0.4, -0.2) is 30.0 Å². The average molecular weight is 334 g/mol. The van der Waals surface area contributed by atoms with Crippen LogP contribution in [0.15, 0.2) is 42.5 Å². The molecule has 0 aliphatic rings. The quantitative estimate of drug-likeness (QED) is 0.842. The molecular formula is C18H22O4S. The van der Waals surface area contributed by atoms with Gasteiger partial charge in [-0.2, -0.15) is 0 Å². The third-order valence-electron chi connectivity index (χ3n) is 4.31. The number of hydrogen-bond donors (Lipinski definition) is 1. The molecule has 0 aliphatic carbocycles. The molecule has 0 saturated carbocycles. The first-order valence-electron chi connectivity index (χ1n) is 7.74. The molecule has 0 amide bonds. The number of fused-ring (bicyclic) bond motifs is 1. The zero-order valence-electron chi connectivity index (χ0n) is 13.5. The first-order chi connectivity index (χ1) is 10.8. The number of sulfone groups is 1. The summed E-state index contributed by atoms with van der Waals surface area (Å²) < 4.78 is 23.4. The molecule has 0 spiro atoms. The van der Waals surface area contributed by atoms with Gasteiger partial charge in [0.05, 0.1) is 5.75 Å². The van der Waals surface area contributed by atoms with Crippen LogP contribution in [-0.2, 0) is 21.1 Å². The molecule has 1 N–H and O–H groups in total. The van der Waals surface area contributed by atoms with Gasteiger partial charge >= 0.3 is 5.97 Å². The minimum absolute atomic E-state index is 0.0320. The molecule has 2 rings (SSSR count). The minimum atomic E-state index is -3.75. The maximum absolute atomic E-state index is 12.6. The van der Waals surface area contributed by atoms with E-state index < -0.39 is 20.6 Å². The van der Waals surface area contributed by atoms with Gasteiger partial charge in [-0.3, -0.25) is 4.79 Å². The van der Waals surface area contributed by atoms with Crippen molar-refractivity contribution >= 4 is 26.6 Å². The van der Waals surface area contributed by atoms with E-state index in [4.69, 9.17) is 0 Å². The summed E-state index contributed by atoms with van der Waals surface area (Å²) in [7, 11) is -3.75. The van der Waals surface area contributed by atoms with Gasteiger partial charge in [-0.1, -0.05) is 55.8 Å². The van der Waals surface area contributed by atoms with E-state index in [2.05, 4.69) is 0 Å². The van der Waals surface area contributed by atoms with Crippen molar-refractivity contribution in [3.63, 3.8) is 0 Å². The maximum Gasteiger partial charge on any atom is 0.325 e. The summed E-state index contributed by atoms with van der Waals surface area (Å²) in [5.41, 5.74) is 0.744. The lowest BCUT2D eigenvalue weighted by atomic mass is 9.95. The van der Waals surface area contributed by atoms with Crippen LogP contribution in [0.5, 0.6) is 0 Å². The molecule has 0 radical (unpaired) electrons. The Morgan fingerprint density at radius 2 is 1.78 bits per heavy atom. The van der Waals surface area contributed by atoms with Gasteiger partial charge in [0.15, 0.2) is 14.6 Å². The number of aliphatic carboxylic acids is 1. The molecule has 0 aliphatic heterocycles. The van der Waals surface area contributed by atoms with Crippen molar-refractivity contribution in [2.24, 2.45) is 0 Å². The fourth-order valence-corrected chi connectivity index (χ4v) is 4.45. The van der Waals surface area contributed by atoms with E-state index in [0.29, 0.717) is 12.8 Å². The Labute approximate surface area is 137 Å². The Bertz CT molecular complexity index is 805. The van der Waals surface area contributed by atoms with Gasteiger partial charge < -0.3 is 5.11 Å². The van der Waals surface area contributed by atoms with Gasteiger partial charge in [-0.25, -0.2) is 8.42 Å². The van der Waals surface area contributed by atoms with Crippen molar-refractivity contribution in [2.75, 3.05) is 5.75 Å². The molecule has 23 heavy (non-hydrogen) atoms. The molecule has 124 valence electrons. The largest absolute Gasteiger partial charge is 0.480 e. The average Bonchev–Trinajstić information content (AvgIpc) is 2.53. The molecule has 5 heteroatoms. The van der Waals surface area contributed by atoms with E-state index in [1.54, 1.807) is 6.07 Å². The van der Waals surface area contributed by atoms with Gasteiger partial charge in [-0.15, -0.1) is 0 Å². The summed E-state index contributed by atoms with van der Waals surface area (Å²) in [6.07, 6.45) is 1.15. The maximum atomic E-state index is 12.6. The number of rotatable bonds is 7. The van der Waals surface area contributed by atoms with Crippen molar-refractivity contribution < 1.29 is 18.3 Å². The predicted octanol–water partition coefficient (Wildman–Crippen LogP) is 3.44. The van der Waals surface area contributed by atoms with E-state index in [0.717, 1.165) is 16.3 Å². The summed E-state index contributed by atoms with van der Waals surface area (Å²) in [5, 5.41) is 11.5. The normalized spacial score (nSPS) is 14.5.